The van der Waals surface area contributed by atoms with Gasteiger partial charge in [0.25, 0.3) is 0 Å². The van der Waals surface area contributed by atoms with E-state index in [1.54, 1.807) is 0 Å². The Hall–Kier alpha value is -1.61. The van der Waals surface area contributed by atoms with Crippen LogP contribution in [0.15, 0.2) is 54.6 Å². The minimum absolute atomic E-state index is 0. The van der Waals surface area contributed by atoms with Gasteiger partial charge in [0.15, 0.2) is 0 Å². The largest absolute Gasteiger partial charge is 0.330 e. The van der Waals surface area contributed by atoms with Gasteiger partial charge < -0.3 is 11.5 Å². The van der Waals surface area contributed by atoms with E-state index in [4.69, 9.17) is 11.5 Å². The summed E-state index contributed by atoms with van der Waals surface area (Å²) >= 11 is 0. The fraction of sp³-hybridized carbons (Fsp3) is 0.222. The highest BCUT2D eigenvalue weighted by Crippen LogP contribution is 2.32. The number of rotatable bonds is 4. The molecule has 0 aliphatic heterocycles. The number of nitrogens with two attached hydrogens (primary N) is 2. The molecular weight excluding hydrogens is 280 g/mol. The molecule has 2 nitrogen and oxygen atoms in total. The molecule has 3 rings (SSSR count). The van der Waals surface area contributed by atoms with Crippen LogP contribution in [-0.2, 0) is 0 Å². The summed E-state index contributed by atoms with van der Waals surface area (Å²) in [4.78, 5) is 0. The third kappa shape index (κ3) is 3.03. The zero-order chi connectivity index (χ0) is 13.9. The van der Waals surface area contributed by atoms with E-state index in [1.807, 2.05) is 0 Å². The molecule has 0 fully saturated rings. The number of hydrogen-bond donors (Lipinski definition) is 2. The highest BCUT2D eigenvalue weighted by atomic mass is 35.5. The summed E-state index contributed by atoms with van der Waals surface area (Å²) in [7, 11) is 0. The summed E-state index contributed by atoms with van der Waals surface area (Å²) in [6.45, 7) is 0.694. The molecule has 0 aromatic heterocycles. The maximum absolute atomic E-state index is 6.38. The van der Waals surface area contributed by atoms with Crippen LogP contribution in [-0.4, -0.2) is 6.54 Å². The lowest BCUT2D eigenvalue weighted by Gasteiger charge is -2.16. The molecule has 0 radical (unpaired) electrons. The Labute approximate surface area is 131 Å². The van der Waals surface area contributed by atoms with Crippen molar-refractivity contribution in [2.24, 2.45) is 11.5 Å². The zero-order valence-corrected chi connectivity index (χ0v) is 12.8. The second-order valence-electron chi connectivity index (χ2n) is 5.27. The molecule has 3 aromatic carbocycles. The van der Waals surface area contributed by atoms with E-state index < -0.39 is 0 Å². The number of fused-ring (bicyclic) bond motifs is 3. The van der Waals surface area contributed by atoms with Crippen LogP contribution in [0.3, 0.4) is 0 Å². The summed E-state index contributed by atoms with van der Waals surface area (Å²) in [5.41, 5.74) is 13.2. The molecule has 3 heteroatoms. The Morgan fingerprint density at radius 3 is 2.19 bits per heavy atom. The minimum atomic E-state index is 0. The molecule has 0 unspecified atom stereocenters. The molecule has 0 spiro atoms. The van der Waals surface area contributed by atoms with Crippen molar-refractivity contribution in [1.29, 1.82) is 0 Å². The molecule has 3 aromatic rings. The molecule has 0 amide bonds. The molecular formula is C18H21ClN2. The van der Waals surface area contributed by atoms with Crippen molar-refractivity contribution in [3.63, 3.8) is 0 Å². The van der Waals surface area contributed by atoms with Crippen molar-refractivity contribution in [3.8, 4) is 0 Å². The van der Waals surface area contributed by atoms with Gasteiger partial charge in [-0.15, -0.1) is 12.4 Å². The van der Waals surface area contributed by atoms with Crippen LogP contribution in [0.5, 0.6) is 0 Å². The topological polar surface area (TPSA) is 52.0 Å². The van der Waals surface area contributed by atoms with Crippen molar-refractivity contribution in [1.82, 2.24) is 0 Å². The molecule has 0 bridgehead atoms. The standard InChI is InChI=1S/C18H20N2.ClH/c19-11-5-10-18(20)17-12-13-6-1-2-7-14(13)15-8-3-4-9-16(15)17;/h1-4,6-9,12,18H,5,10-11,19-20H2;1H/t18-;/m1./s1. The predicted octanol–water partition coefficient (Wildman–Crippen LogP) is 4.15. The molecule has 1 atom stereocenters. The second kappa shape index (κ2) is 6.90. The normalized spacial score (nSPS) is 12.3. The average molecular weight is 301 g/mol. The molecule has 0 aliphatic carbocycles. The summed E-state index contributed by atoms with van der Waals surface area (Å²) < 4.78 is 0. The molecule has 0 heterocycles. The van der Waals surface area contributed by atoms with Crippen LogP contribution in [0.25, 0.3) is 21.5 Å². The molecule has 0 saturated carbocycles. The van der Waals surface area contributed by atoms with E-state index in [0.29, 0.717) is 6.54 Å². The van der Waals surface area contributed by atoms with Gasteiger partial charge in [-0.25, -0.2) is 0 Å². The van der Waals surface area contributed by atoms with Crippen molar-refractivity contribution < 1.29 is 0 Å². The smallest absolute Gasteiger partial charge is 0.0301 e. The van der Waals surface area contributed by atoms with Crippen LogP contribution in [0, 0.1) is 0 Å². The Morgan fingerprint density at radius 2 is 1.48 bits per heavy atom. The lowest BCUT2D eigenvalue weighted by atomic mass is 9.92. The van der Waals surface area contributed by atoms with Crippen molar-refractivity contribution in [2.45, 2.75) is 18.9 Å². The van der Waals surface area contributed by atoms with E-state index in [0.717, 1.165) is 12.8 Å². The number of halogens is 1. The molecule has 21 heavy (non-hydrogen) atoms. The molecule has 0 saturated heterocycles. The summed E-state index contributed by atoms with van der Waals surface area (Å²) in [5, 5.41) is 5.08. The fourth-order valence-corrected chi connectivity index (χ4v) is 2.88. The Balaban J connectivity index is 0.00000161. The van der Waals surface area contributed by atoms with Gasteiger partial charge in [-0.05, 0) is 52.6 Å². The zero-order valence-electron chi connectivity index (χ0n) is 12.0. The van der Waals surface area contributed by atoms with Crippen LogP contribution in [0.1, 0.15) is 24.4 Å². The highest BCUT2D eigenvalue weighted by molar-refractivity contribution is 6.09. The van der Waals surface area contributed by atoms with Gasteiger partial charge in [-0.1, -0.05) is 48.5 Å². The highest BCUT2D eigenvalue weighted by Gasteiger charge is 2.12. The van der Waals surface area contributed by atoms with E-state index >= 15 is 0 Å². The van der Waals surface area contributed by atoms with Gasteiger partial charge in [0.05, 0.1) is 0 Å². The first-order valence-corrected chi connectivity index (χ1v) is 7.17. The molecule has 0 aliphatic rings. The van der Waals surface area contributed by atoms with Crippen LogP contribution >= 0.6 is 12.4 Å². The summed E-state index contributed by atoms with van der Waals surface area (Å²) in [6, 6.07) is 19.3. The van der Waals surface area contributed by atoms with Crippen LogP contribution in [0.4, 0.5) is 0 Å². The Kier molecular flexibility index (Phi) is 5.18. The first-order valence-electron chi connectivity index (χ1n) is 7.17. The van der Waals surface area contributed by atoms with Crippen molar-refractivity contribution >= 4 is 34.0 Å². The maximum atomic E-state index is 6.38. The third-order valence-corrected chi connectivity index (χ3v) is 3.92. The Bertz CT molecular complexity index is 739. The monoisotopic (exact) mass is 300 g/mol. The van der Waals surface area contributed by atoms with Crippen molar-refractivity contribution in [3.05, 3.63) is 60.2 Å². The van der Waals surface area contributed by atoms with Gasteiger partial charge in [0, 0.05) is 6.04 Å². The van der Waals surface area contributed by atoms with Gasteiger partial charge in [0.1, 0.15) is 0 Å². The quantitative estimate of drug-likeness (QED) is 0.711. The van der Waals surface area contributed by atoms with Gasteiger partial charge in [0.2, 0.25) is 0 Å². The predicted molar refractivity (Wildman–Crippen MR) is 93.9 cm³/mol. The average Bonchev–Trinajstić information content (AvgIpc) is 2.52. The summed E-state index contributed by atoms with van der Waals surface area (Å²) in [5.74, 6) is 0. The Morgan fingerprint density at radius 1 is 0.857 bits per heavy atom. The fourth-order valence-electron chi connectivity index (χ4n) is 2.88. The third-order valence-electron chi connectivity index (χ3n) is 3.92. The van der Waals surface area contributed by atoms with E-state index in [-0.39, 0.29) is 18.4 Å². The number of benzene rings is 3. The van der Waals surface area contributed by atoms with Crippen LogP contribution < -0.4 is 11.5 Å². The lowest BCUT2D eigenvalue weighted by Crippen LogP contribution is -2.13. The van der Waals surface area contributed by atoms with E-state index in [1.165, 1.54) is 27.1 Å². The molecule has 4 N–H and O–H groups in total. The molecule has 110 valence electrons. The number of hydrogen-bond acceptors (Lipinski definition) is 2. The van der Waals surface area contributed by atoms with Crippen LogP contribution in [0.2, 0.25) is 0 Å². The first-order chi connectivity index (χ1) is 9.81. The first kappa shape index (κ1) is 15.8. The SMILES string of the molecule is Cl.NCCC[C@@H](N)c1cc2ccccc2c2ccccc12. The van der Waals surface area contributed by atoms with Gasteiger partial charge in [-0.3, -0.25) is 0 Å². The summed E-state index contributed by atoms with van der Waals surface area (Å²) in [6.07, 6.45) is 1.89. The lowest BCUT2D eigenvalue weighted by molar-refractivity contribution is 0.622. The van der Waals surface area contributed by atoms with Crippen molar-refractivity contribution in [2.75, 3.05) is 6.54 Å². The van der Waals surface area contributed by atoms with E-state index in [2.05, 4.69) is 54.6 Å². The minimum Gasteiger partial charge on any atom is -0.330 e. The maximum Gasteiger partial charge on any atom is 0.0301 e. The van der Waals surface area contributed by atoms with Gasteiger partial charge in [-0.2, -0.15) is 0 Å². The van der Waals surface area contributed by atoms with E-state index in [9.17, 15) is 0 Å². The second-order valence-corrected chi connectivity index (χ2v) is 5.27. The van der Waals surface area contributed by atoms with Gasteiger partial charge >= 0.3 is 0 Å².